The normalized spacial score (nSPS) is 37.2. The molecule has 3 fully saturated rings. The Balaban J connectivity index is 1.57. The predicted molar refractivity (Wildman–Crippen MR) is 91.2 cm³/mol. The molecule has 2 aliphatic heterocycles. The monoisotopic (exact) mass is 323 g/mol. The Morgan fingerprint density at radius 2 is 1.83 bits per heavy atom. The van der Waals surface area contributed by atoms with Crippen LogP contribution >= 0.6 is 0 Å². The van der Waals surface area contributed by atoms with Gasteiger partial charge in [0.15, 0.2) is 0 Å². The largest absolute Gasteiger partial charge is 0.444 e. The number of hydrogen-bond donors (Lipinski definition) is 2. The van der Waals surface area contributed by atoms with Crippen LogP contribution in [0.2, 0.25) is 0 Å². The SMILES string of the molecule is CC(C)(C)OC(=O)N1C2CCC1CC(NC1CCCC1CN)C2. The van der Waals surface area contributed by atoms with Crippen molar-refractivity contribution in [2.75, 3.05) is 6.54 Å². The van der Waals surface area contributed by atoms with Crippen molar-refractivity contribution in [2.45, 2.75) is 95.5 Å². The molecule has 2 bridgehead atoms. The molecule has 0 aromatic heterocycles. The third-order valence-corrected chi connectivity index (χ3v) is 5.75. The van der Waals surface area contributed by atoms with E-state index in [1.165, 1.54) is 19.3 Å². The molecule has 23 heavy (non-hydrogen) atoms. The minimum Gasteiger partial charge on any atom is -0.444 e. The highest BCUT2D eigenvalue weighted by molar-refractivity contribution is 5.69. The zero-order chi connectivity index (χ0) is 16.6. The zero-order valence-corrected chi connectivity index (χ0v) is 14.9. The van der Waals surface area contributed by atoms with E-state index in [-0.39, 0.29) is 6.09 Å². The lowest BCUT2D eigenvalue weighted by Crippen LogP contribution is -2.54. The van der Waals surface area contributed by atoms with Gasteiger partial charge in [-0.2, -0.15) is 0 Å². The number of ether oxygens (including phenoxy) is 1. The van der Waals surface area contributed by atoms with E-state index >= 15 is 0 Å². The fourth-order valence-corrected chi connectivity index (χ4v) is 4.77. The Hall–Kier alpha value is -0.810. The van der Waals surface area contributed by atoms with Crippen LogP contribution in [0.1, 0.15) is 65.7 Å². The van der Waals surface area contributed by atoms with Crippen LogP contribution in [0.4, 0.5) is 4.79 Å². The molecule has 1 saturated carbocycles. The van der Waals surface area contributed by atoms with Gasteiger partial charge in [-0.15, -0.1) is 0 Å². The molecule has 3 aliphatic rings. The number of piperidine rings is 1. The lowest BCUT2D eigenvalue weighted by atomic mass is 9.95. The number of nitrogens with one attached hydrogen (secondary N) is 1. The second-order valence-electron chi connectivity index (χ2n) is 8.64. The van der Waals surface area contributed by atoms with Gasteiger partial charge in [-0.05, 0) is 71.8 Å². The summed E-state index contributed by atoms with van der Waals surface area (Å²) in [5.74, 6) is 0.636. The summed E-state index contributed by atoms with van der Waals surface area (Å²) in [6, 6.07) is 1.80. The van der Waals surface area contributed by atoms with Crippen LogP contribution in [0.3, 0.4) is 0 Å². The first kappa shape index (κ1) is 17.0. The van der Waals surface area contributed by atoms with E-state index < -0.39 is 5.60 Å². The molecule has 5 nitrogen and oxygen atoms in total. The van der Waals surface area contributed by atoms with Gasteiger partial charge >= 0.3 is 6.09 Å². The molecule has 132 valence electrons. The van der Waals surface area contributed by atoms with Crippen molar-refractivity contribution in [3.05, 3.63) is 0 Å². The molecule has 0 aromatic carbocycles. The van der Waals surface area contributed by atoms with Gasteiger partial charge in [0.2, 0.25) is 0 Å². The summed E-state index contributed by atoms with van der Waals surface area (Å²) in [5, 5.41) is 3.87. The Bertz CT molecular complexity index is 420. The highest BCUT2D eigenvalue weighted by Gasteiger charge is 2.45. The summed E-state index contributed by atoms with van der Waals surface area (Å²) in [6.07, 6.45) is 8.04. The van der Waals surface area contributed by atoms with Gasteiger partial charge in [0.1, 0.15) is 5.60 Å². The number of nitrogens with two attached hydrogens (primary N) is 1. The standard InChI is InChI=1S/C18H33N3O2/c1-18(2,3)23-17(22)21-14-7-8-15(21)10-13(9-14)20-16-6-4-5-12(16)11-19/h12-16,20H,4-11,19H2,1-3H3. The van der Waals surface area contributed by atoms with E-state index in [4.69, 9.17) is 10.5 Å². The Morgan fingerprint density at radius 1 is 1.17 bits per heavy atom. The molecule has 0 radical (unpaired) electrons. The number of carbonyl (C=O) groups is 1. The van der Waals surface area contributed by atoms with Crippen LogP contribution in [0.5, 0.6) is 0 Å². The number of nitrogens with zero attached hydrogens (tertiary/aromatic N) is 1. The quantitative estimate of drug-likeness (QED) is 0.838. The van der Waals surface area contributed by atoms with Crippen LogP contribution in [-0.4, -0.2) is 47.3 Å². The number of fused-ring (bicyclic) bond motifs is 2. The van der Waals surface area contributed by atoms with E-state index in [9.17, 15) is 4.79 Å². The van der Waals surface area contributed by atoms with Gasteiger partial charge in [0.25, 0.3) is 0 Å². The molecule has 3 rings (SSSR count). The number of hydrogen-bond acceptors (Lipinski definition) is 4. The van der Waals surface area contributed by atoms with E-state index in [2.05, 4.69) is 5.32 Å². The first-order valence-corrected chi connectivity index (χ1v) is 9.35. The topological polar surface area (TPSA) is 67.6 Å². The Labute approximate surface area is 140 Å². The molecule has 1 aliphatic carbocycles. The van der Waals surface area contributed by atoms with E-state index in [0.29, 0.717) is 30.1 Å². The van der Waals surface area contributed by atoms with Crippen molar-refractivity contribution in [1.82, 2.24) is 10.2 Å². The minimum absolute atomic E-state index is 0.121. The third-order valence-electron chi connectivity index (χ3n) is 5.75. The maximum Gasteiger partial charge on any atom is 0.410 e. The van der Waals surface area contributed by atoms with Crippen molar-refractivity contribution in [2.24, 2.45) is 11.7 Å². The summed E-state index contributed by atoms with van der Waals surface area (Å²) >= 11 is 0. The van der Waals surface area contributed by atoms with Crippen LogP contribution in [0.25, 0.3) is 0 Å². The maximum absolute atomic E-state index is 12.5. The Morgan fingerprint density at radius 3 is 2.39 bits per heavy atom. The average molecular weight is 323 g/mol. The molecule has 3 N–H and O–H groups in total. The lowest BCUT2D eigenvalue weighted by molar-refractivity contribution is 0.00409. The van der Waals surface area contributed by atoms with Gasteiger partial charge in [-0.3, -0.25) is 0 Å². The zero-order valence-electron chi connectivity index (χ0n) is 14.9. The molecule has 5 heteroatoms. The van der Waals surface area contributed by atoms with Crippen LogP contribution in [-0.2, 0) is 4.74 Å². The average Bonchev–Trinajstić information content (AvgIpc) is 2.99. The summed E-state index contributed by atoms with van der Waals surface area (Å²) in [4.78, 5) is 14.5. The molecule has 2 saturated heterocycles. The highest BCUT2D eigenvalue weighted by Crippen LogP contribution is 2.37. The summed E-state index contributed by atoms with van der Waals surface area (Å²) < 4.78 is 5.61. The number of carbonyl (C=O) groups excluding carboxylic acids is 1. The second-order valence-corrected chi connectivity index (χ2v) is 8.64. The van der Waals surface area contributed by atoms with Gasteiger partial charge in [0, 0.05) is 24.2 Å². The van der Waals surface area contributed by atoms with Crippen molar-refractivity contribution in [3.8, 4) is 0 Å². The van der Waals surface area contributed by atoms with Crippen LogP contribution in [0, 0.1) is 5.92 Å². The highest BCUT2D eigenvalue weighted by atomic mass is 16.6. The molecular weight excluding hydrogens is 290 g/mol. The fourth-order valence-electron chi connectivity index (χ4n) is 4.77. The molecule has 0 aromatic rings. The first-order chi connectivity index (χ1) is 10.9. The molecule has 4 atom stereocenters. The van der Waals surface area contributed by atoms with Gasteiger partial charge in [-0.1, -0.05) is 6.42 Å². The van der Waals surface area contributed by atoms with Crippen molar-refractivity contribution in [1.29, 1.82) is 0 Å². The molecule has 4 unspecified atom stereocenters. The van der Waals surface area contributed by atoms with E-state index in [0.717, 1.165) is 32.2 Å². The van der Waals surface area contributed by atoms with E-state index in [1.54, 1.807) is 0 Å². The summed E-state index contributed by atoms with van der Waals surface area (Å²) in [7, 11) is 0. The minimum atomic E-state index is -0.413. The molecule has 0 spiro atoms. The van der Waals surface area contributed by atoms with Gasteiger partial charge < -0.3 is 20.7 Å². The smallest absolute Gasteiger partial charge is 0.410 e. The third kappa shape index (κ3) is 3.82. The maximum atomic E-state index is 12.5. The summed E-state index contributed by atoms with van der Waals surface area (Å²) in [6.45, 7) is 6.61. The van der Waals surface area contributed by atoms with Gasteiger partial charge in [-0.25, -0.2) is 4.79 Å². The lowest BCUT2D eigenvalue weighted by Gasteiger charge is -2.41. The molecule has 1 amide bonds. The first-order valence-electron chi connectivity index (χ1n) is 9.35. The molecule has 2 heterocycles. The van der Waals surface area contributed by atoms with Crippen LogP contribution < -0.4 is 11.1 Å². The van der Waals surface area contributed by atoms with E-state index in [1.807, 2.05) is 25.7 Å². The van der Waals surface area contributed by atoms with Crippen molar-refractivity contribution >= 4 is 6.09 Å². The Kier molecular flexibility index (Phi) is 4.88. The molecular formula is C18H33N3O2. The van der Waals surface area contributed by atoms with Gasteiger partial charge in [0.05, 0.1) is 0 Å². The number of amides is 1. The summed E-state index contributed by atoms with van der Waals surface area (Å²) in [5.41, 5.74) is 5.49. The predicted octanol–water partition coefficient (Wildman–Crippen LogP) is 2.63. The van der Waals surface area contributed by atoms with Crippen molar-refractivity contribution in [3.63, 3.8) is 0 Å². The fraction of sp³-hybridized carbons (Fsp3) is 0.944. The second kappa shape index (κ2) is 6.60. The number of rotatable bonds is 3. The van der Waals surface area contributed by atoms with Crippen LogP contribution in [0.15, 0.2) is 0 Å². The van der Waals surface area contributed by atoms with Crippen molar-refractivity contribution < 1.29 is 9.53 Å².